The van der Waals surface area contributed by atoms with E-state index in [1.165, 1.54) is 31.9 Å². The average molecular weight is 291 g/mol. The lowest BCUT2D eigenvalue weighted by Crippen LogP contribution is -2.30. The predicted molar refractivity (Wildman–Crippen MR) is 76.1 cm³/mol. The van der Waals surface area contributed by atoms with Gasteiger partial charge in [0, 0.05) is 18.7 Å². The van der Waals surface area contributed by atoms with Crippen LogP contribution in [0.5, 0.6) is 0 Å². The van der Waals surface area contributed by atoms with Crippen LogP contribution >= 0.6 is 0 Å². The van der Waals surface area contributed by atoms with Crippen molar-refractivity contribution in [1.82, 2.24) is 4.90 Å². The van der Waals surface area contributed by atoms with Crippen LogP contribution in [0.4, 0.5) is 0 Å². The summed E-state index contributed by atoms with van der Waals surface area (Å²) in [6.07, 6.45) is 6.18. The van der Waals surface area contributed by atoms with Crippen LogP contribution in [-0.4, -0.2) is 35.0 Å². The number of carbonyl (C=O) groups excluding carboxylic acids is 1. The molecule has 5 heteroatoms. The van der Waals surface area contributed by atoms with E-state index in [0.29, 0.717) is 17.4 Å². The Morgan fingerprint density at radius 2 is 1.90 bits per heavy atom. The van der Waals surface area contributed by atoms with E-state index >= 15 is 0 Å². The smallest absolute Gasteiger partial charge is 0.311 e. The molecule has 1 N–H and O–H groups in total. The fraction of sp³-hybridized carbons (Fsp3) is 0.625. The molecule has 2 fully saturated rings. The summed E-state index contributed by atoms with van der Waals surface area (Å²) in [6, 6.07) is 0. The summed E-state index contributed by atoms with van der Waals surface area (Å²) in [5.74, 6) is 0.482. The number of fused-ring (bicyclic) bond motifs is 1. The van der Waals surface area contributed by atoms with Gasteiger partial charge in [-0.05, 0) is 31.6 Å². The molecule has 21 heavy (non-hydrogen) atoms. The van der Waals surface area contributed by atoms with Gasteiger partial charge in [-0.3, -0.25) is 9.59 Å². The summed E-state index contributed by atoms with van der Waals surface area (Å²) in [5.41, 5.74) is 1.18. The van der Waals surface area contributed by atoms with E-state index in [0.717, 1.165) is 18.7 Å². The molecule has 1 aliphatic carbocycles. The van der Waals surface area contributed by atoms with Crippen molar-refractivity contribution >= 4 is 11.9 Å². The van der Waals surface area contributed by atoms with Gasteiger partial charge in [-0.15, -0.1) is 0 Å². The van der Waals surface area contributed by atoms with Crippen LogP contribution in [0.25, 0.3) is 0 Å². The quantitative estimate of drug-likeness (QED) is 0.928. The Kier molecular flexibility index (Phi) is 3.74. The van der Waals surface area contributed by atoms with Gasteiger partial charge in [0.25, 0.3) is 5.91 Å². The third-order valence-corrected chi connectivity index (χ3v) is 4.84. The first-order valence-electron chi connectivity index (χ1n) is 7.64. The summed E-state index contributed by atoms with van der Waals surface area (Å²) >= 11 is 0. The zero-order valence-corrected chi connectivity index (χ0v) is 12.3. The summed E-state index contributed by atoms with van der Waals surface area (Å²) in [4.78, 5) is 25.5. The number of nitrogens with zero attached hydrogens (tertiary/aromatic N) is 1. The number of hydrogen-bond acceptors (Lipinski definition) is 3. The lowest BCUT2D eigenvalue weighted by molar-refractivity contribution is -0.136. The SMILES string of the molecule is Cc1coc(CC(=O)O)c1C(=O)N1CC2CCCCC2C1. The average Bonchev–Trinajstić information content (AvgIpc) is 3.01. The molecular weight excluding hydrogens is 270 g/mol. The van der Waals surface area contributed by atoms with Crippen LogP contribution in [0.15, 0.2) is 10.7 Å². The van der Waals surface area contributed by atoms with E-state index in [1.807, 2.05) is 4.90 Å². The molecule has 3 rings (SSSR count). The number of carboxylic acid groups (broad SMARTS) is 1. The molecule has 2 atom stereocenters. The molecule has 5 nitrogen and oxygen atoms in total. The number of hydrogen-bond donors (Lipinski definition) is 1. The molecule has 1 aromatic heterocycles. The van der Waals surface area contributed by atoms with Crippen LogP contribution in [0.3, 0.4) is 0 Å². The third-order valence-electron chi connectivity index (χ3n) is 4.84. The van der Waals surface area contributed by atoms with Gasteiger partial charge in [-0.1, -0.05) is 12.8 Å². The highest BCUT2D eigenvalue weighted by Gasteiger charge is 2.38. The van der Waals surface area contributed by atoms with Crippen LogP contribution in [-0.2, 0) is 11.2 Å². The molecule has 1 aromatic rings. The molecular formula is C16H21NO4. The van der Waals surface area contributed by atoms with Crippen molar-refractivity contribution in [2.45, 2.75) is 39.0 Å². The molecule has 0 spiro atoms. The Balaban J connectivity index is 1.79. The first-order chi connectivity index (χ1) is 10.1. The molecule has 2 unspecified atom stereocenters. The zero-order chi connectivity index (χ0) is 15.0. The fourth-order valence-corrected chi connectivity index (χ4v) is 3.78. The molecule has 0 aromatic carbocycles. The largest absolute Gasteiger partial charge is 0.481 e. The van der Waals surface area contributed by atoms with Crippen LogP contribution in [0.1, 0.15) is 47.4 Å². The van der Waals surface area contributed by atoms with E-state index in [9.17, 15) is 9.59 Å². The maximum Gasteiger partial charge on any atom is 0.311 e. The number of rotatable bonds is 3. The molecule has 2 aliphatic rings. The number of furan rings is 1. The first-order valence-corrected chi connectivity index (χ1v) is 7.64. The molecule has 1 saturated heterocycles. The molecule has 114 valence electrons. The van der Waals surface area contributed by atoms with Gasteiger partial charge in [0.2, 0.25) is 0 Å². The minimum atomic E-state index is -0.978. The normalized spacial score (nSPS) is 24.9. The van der Waals surface area contributed by atoms with Crippen LogP contribution in [0, 0.1) is 18.8 Å². The summed E-state index contributed by atoms with van der Waals surface area (Å²) in [6.45, 7) is 3.41. The molecule has 1 saturated carbocycles. The standard InChI is InChI=1S/C16H21NO4/c1-10-9-21-13(6-14(18)19)15(10)16(20)17-7-11-4-2-3-5-12(11)8-17/h9,11-12H,2-8H2,1H3,(H,18,19). The highest BCUT2D eigenvalue weighted by molar-refractivity contribution is 5.97. The highest BCUT2D eigenvalue weighted by atomic mass is 16.4. The van der Waals surface area contributed by atoms with Gasteiger partial charge >= 0.3 is 5.97 Å². The maximum absolute atomic E-state index is 12.7. The number of carbonyl (C=O) groups is 2. The van der Waals surface area contributed by atoms with Gasteiger partial charge in [-0.25, -0.2) is 0 Å². The Morgan fingerprint density at radius 3 is 2.48 bits per heavy atom. The molecule has 2 heterocycles. The Hall–Kier alpha value is -1.78. The van der Waals surface area contributed by atoms with Crippen LogP contribution < -0.4 is 0 Å². The van der Waals surface area contributed by atoms with Gasteiger partial charge in [-0.2, -0.15) is 0 Å². The van der Waals surface area contributed by atoms with E-state index in [4.69, 9.17) is 9.52 Å². The first kappa shape index (κ1) is 14.2. The predicted octanol–water partition coefficient (Wildman–Crippen LogP) is 2.48. The van der Waals surface area contributed by atoms with Gasteiger partial charge in [0.05, 0.1) is 11.8 Å². The molecule has 0 bridgehead atoms. The minimum Gasteiger partial charge on any atom is -0.481 e. The third kappa shape index (κ3) is 2.69. The second-order valence-corrected chi connectivity index (χ2v) is 6.30. The van der Waals surface area contributed by atoms with Crippen molar-refractivity contribution < 1.29 is 19.1 Å². The van der Waals surface area contributed by atoms with E-state index < -0.39 is 5.97 Å². The van der Waals surface area contributed by atoms with Crippen molar-refractivity contribution in [3.8, 4) is 0 Å². The lowest BCUT2D eigenvalue weighted by atomic mass is 9.82. The van der Waals surface area contributed by atoms with Crippen molar-refractivity contribution in [3.63, 3.8) is 0 Å². The Labute approximate surface area is 123 Å². The van der Waals surface area contributed by atoms with Gasteiger partial charge in [0.15, 0.2) is 0 Å². The highest BCUT2D eigenvalue weighted by Crippen LogP contribution is 2.37. The number of aryl methyl sites for hydroxylation is 1. The maximum atomic E-state index is 12.7. The molecule has 1 aliphatic heterocycles. The number of carboxylic acids is 1. The number of likely N-dealkylation sites (tertiary alicyclic amines) is 1. The van der Waals surface area contributed by atoms with Gasteiger partial charge in [0.1, 0.15) is 12.2 Å². The second kappa shape index (κ2) is 5.54. The Morgan fingerprint density at radius 1 is 1.29 bits per heavy atom. The van der Waals surface area contributed by atoms with Crippen LogP contribution in [0.2, 0.25) is 0 Å². The summed E-state index contributed by atoms with van der Waals surface area (Å²) in [7, 11) is 0. The minimum absolute atomic E-state index is 0.0631. The topological polar surface area (TPSA) is 70.7 Å². The van der Waals surface area contributed by atoms with E-state index in [2.05, 4.69) is 0 Å². The van der Waals surface area contributed by atoms with Crippen molar-refractivity contribution in [1.29, 1.82) is 0 Å². The van der Waals surface area contributed by atoms with Crippen molar-refractivity contribution in [3.05, 3.63) is 23.2 Å². The van der Waals surface area contributed by atoms with E-state index in [1.54, 1.807) is 6.92 Å². The molecule has 0 radical (unpaired) electrons. The summed E-state index contributed by atoms with van der Waals surface area (Å²) in [5, 5.41) is 8.93. The van der Waals surface area contributed by atoms with Gasteiger partial charge < -0.3 is 14.4 Å². The Bertz CT molecular complexity index is 549. The van der Waals surface area contributed by atoms with E-state index in [-0.39, 0.29) is 18.1 Å². The van der Waals surface area contributed by atoms with Crippen molar-refractivity contribution in [2.75, 3.05) is 13.1 Å². The lowest BCUT2D eigenvalue weighted by Gasteiger charge is -2.22. The van der Waals surface area contributed by atoms with Crippen molar-refractivity contribution in [2.24, 2.45) is 11.8 Å². The molecule has 1 amide bonds. The summed E-state index contributed by atoms with van der Waals surface area (Å²) < 4.78 is 5.28. The number of aliphatic carboxylic acids is 1. The fourth-order valence-electron chi connectivity index (χ4n) is 3.78. The number of amides is 1. The monoisotopic (exact) mass is 291 g/mol. The second-order valence-electron chi connectivity index (χ2n) is 6.30. The zero-order valence-electron chi connectivity index (χ0n) is 12.3.